The Morgan fingerprint density at radius 1 is 0.750 bits per heavy atom. The third-order valence-electron chi connectivity index (χ3n) is 3.91. The maximum Gasteiger partial charge on any atom is 0.0512 e. The summed E-state index contributed by atoms with van der Waals surface area (Å²) in [7, 11) is 0. The van der Waals surface area contributed by atoms with Gasteiger partial charge in [0.2, 0.25) is 0 Å². The number of hydrogen-bond donors (Lipinski definition) is 1. The SMILES string of the molecule is [CH2]C=CCCCCCCCCCCCCCCC(C)O. The van der Waals surface area contributed by atoms with E-state index in [1.54, 1.807) is 0 Å². The molecule has 0 spiro atoms. The molecule has 0 rings (SSSR count). The minimum atomic E-state index is -0.107. The van der Waals surface area contributed by atoms with Crippen molar-refractivity contribution >= 4 is 0 Å². The van der Waals surface area contributed by atoms with E-state index in [1.165, 1.54) is 83.5 Å². The van der Waals surface area contributed by atoms with Gasteiger partial charge in [0.25, 0.3) is 0 Å². The normalized spacial score (nSPS) is 13.2. The lowest BCUT2D eigenvalue weighted by molar-refractivity contribution is 0.180. The predicted molar refractivity (Wildman–Crippen MR) is 90.8 cm³/mol. The zero-order chi connectivity index (χ0) is 14.9. The quantitative estimate of drug-likeness (QED) is 0.353. The molecule has 0 aromatic heterocycles. The fourth-order valence-corrected chi connectivity index (χ4v) is 2.59. The molecule has 0 amide bonds. The highest BCUT2D eigenvalue weighted by Crippen LogP contribution is 2.13. The molecule has 0 aliphatic rings. The summed E-state index contributed by atoms with van der Waals surface area (Å²) in [5, 5.41) is 9.15. The summed E-state index contributed by atoms with van der Waals surface area (Å²) < 4.78 is 0. The van der Waals surface area contributed by atoms with Crippen molar-refractivity contribution in [2.75, 3.05) is 0 Å². The average molecular weight is 282 g/mol. The summed E-state index contributed by atoms with van der Waals surface area (Å²) in [6.07, 6.45) is 22.6. The van der Waals surface area contributed by atoms with Crippen molar-refractivity contribution in [2.24, 2.45) is 0 Å². The Morgan fingerprint density at radius 2 is 1.15 bits per heavy atom. The van der Waals surface area contributed by atoms with Gasteiger partial charge in [-0.2, -0.15) is 0 Å². The van der Waals surface area contributed by atoms with Gasteiger partial charge >= 0.3 is 0 Å². The van der Waals surface area contributed by atoms with Gasteiger partial charge < -0.3 is 5.11 Å². The molecule has 119 valence electrons. The van der Waals surface area contributed by atoms with E-state index in [0.717, 1.165) is 6.42 Å². The molecule has 1 unspecified atom stereocenters. The first kappa shape index (κ1) is 19.7. The Morgan fingerprint density at radius 3 is 1.55 bits per heavy atom. The maximum absolute atomic E-state index is 9.15. The molecule has 0 fully saturated rings. The van der Waals surface area contributed by atoms with Crippen molar-refractivity contribution in [3.8, 4) is 0 Å². The van der Waals surface area contributed by atoms with Crippen molar-refractivity contribution < 1.29 is 5.11 Å². The van der Waals surface area contributed by atoms with Crippen LogP contribution >= 0.6 is 0 Å². The summed E-state index contributed by atoms with van der Waals surface area (Å²) >= 11 is 0. The van der Waals surface area contributed by atoms with Crippen LogP contribution in [0.3, 0.4) is 0 Å². The molecule has 1 nitrogen and oxygen atoms in total. The first-order valence-corrected chi connectivity index (χ1v) is 8.89. The Kier molecular flexibility index (Phi) is 16.5. The van der Waals surface area contributed by atoms with Gasteiger partial charge in [-0.3, -0.25) is 0 Å². The minimum Gasteiger partial charge on any atom is -0.393 e. The van der Waals surface area contributed by atoms with Crippen LogP contribution in [0.15, 0.2) is 12.2 Å². The molecule has 0 aromatic carbocycles. The number of aliphatic hydroxyl groups is 1. The van der Waals surface area contributed by atoms with Gasteiger partial charge in [0.05, 0.1) is 6.10 Å². The van der Waals surface area contributed by atoms with Crippen molar-refractivity contribution in [3.63, 3.8) is 0 Å². The molecular formula is C19H37O. The molecule has 0 bridgehead atoms. The molecule has 1 radical (unpaired) electrons. The van der Waals surface area contributed by atoms with Crippen LogP contribution in [-0.4, -0.2) is 11.2 Å². The Bertz CT molecular complexity index is 196. The number of rotatable bonds is 15. The van der Waals surface area contributed by atoms with E-state index >= 15 is 0 Å². The van der Waals surface area contributed by atoms with Crippen molar-refractivity contribution in [3.05, 3.63) is 19.1 Å². The largest absolute Gasteiger partial charge is 0.393 e. The van der Waals surface area contributed by atoms with Crippen LogP contribution in [0.5, 0.6) is 0 Å². The smallest absolute Gasteiger partial charge is 0.0512 e. The highest BCUT2D eigenvalue weighted by Gasteiger charge is 1.96. The van der Waals surface area contributed by atoms with Gasteiger partial charge in [-0.25, -0.2) is 0 Å². The van der Waals surface area contributed by atoms with E-state index in [2.05, 4.69) is 13.0 Å². The molecular weight excluding hydrogens is 244 g/mol. The second-order valence-corrected chi connectivity index (χ2v) is 6.14. The van der Waals surface area contributed by atoms with E-state index in [-0.39, 0.29) is 6.10 Å². The number of aliphatic hydroxyl groups excluding tert-OH is 1. The molecule has 0 aliphatic heterocycles. The van der Waals surface area contributed by atoms with Crippen LogP contribution in [0, 0.1) is 6.92 Å². The summed E-state index contributed by atoms with van der Waals surface area (Å²) in [6, 6.07) is 0. The first-order chi connectivity index (χ1) is 9.77. The predicted octanol–water partition coefficient (Wildman–Crippen LogP) is 6.22. The highest BCUT2D eigenvalue weighted by atomic mass is 16.3. The van der Waals surface area contributed by atoms with Crippen molar-refractivity contribution in [2.45, 2.75) is 103 Å². The lowest BCUT2D eigenvalue weighted by atomic mass is 10.0. The van der Waals surface area contributed by atoms with Gasteiger partial charge in [-0.15, -0.1) is 0 Å². The topological polar surface area (TPSA) is 20.2 Å². The van der Waals surface area contributed by atoms with E-state index in [4.69, 9.17) is 5.11 Å². The van der Waals surface area contributed by atoms with Gasteiger partial charge in [0.1, 0.15) is 0 Å². The van der Waals surface area contributed by atoms with Crippen LogP contribution in [0.2, 0.25) is 0 Å². The van der Waals surface area contributed by atoms with Gasteiger partial charge in [-0.05, 0) is 33.1 Å². The van der Waals surface area contributed by atoms with Crippen LogP contribution in [0.4, 0.5) is 0 Å². The van der Waals surface area contributed by atoms with Crippen molar-refractivity contribution in [1.82, 2.24) is 0 Å². The fraction of sp³-hybridized carbons (Fsp3) is 0.842. The second kappa shape index (κ2) is 16.8. The van der Waals surface area contributed by atoms with Crippen LogP contribution < -0.4 is 0 Å². The molecule has 1 N–H and O–H groups in total. The number of hydrogen-bond acceptors (Lipinski definition) is 1. The van der Waals surface area contributed by atoms with Crippen molar-refractivity contribution in [1.29, 1.82) is 0 Å². The Balaban J connectivity index is 2.96. The zero-order valence-corrected chi connectivity index (χ0v) is 13.8. The monoisotopic (exact) mass is 281 g/mol. The van der Waals surface area contributed by atoms with Gasteiger partial charge in [0, 0.05) is 0 Å². The maximum atomic E-state index is 9.15. The molecule has 20 heavy (non-hydrogen) atoms. The van der Waals surface area contributed by atoms with Crippen LogP contribution in [0.25, 0.3) is 0 Å². The lowest BCUT2D eigenvalue weighted by Crippen LogP contribution is -1.98. The molecule has 0 saturated carbocycles. The standard InChI is InChI=1S/C19H37O/c1-3-4-5-6-7-8-9-10-11-12-13-14-15-16-17-18-19(2)20/h3-4,19-20H,1,5-18H2,2H3. The molecule has 0 aliphatic carbocycles. The minimum absolute atomic E-state index is 0.107. The third kappa shape index (κ3) is 17.7. The second-order valence-electron chi connectivity index (χ2n) is 6.14. The molecule has 0 heterocycles. The molecule has 1 heteroatoms. The lowest BCUT2D eigenvalue weighted by Gasteiger charge is -2.04. The fourth-order valence-electron chi connectivity index (χ4n) is 2.59. The molecule has 1 atom stereocenters. The number of unbranched alkanes of at least 4 members (excludes halogenated alkanes) is 12. The summed E-state index contributed by atoms with van der Waals surface area (Å²) in [4.78, 5) is 0. The summed E-state index contributed by atoms with van der Waals surface area (Å²) in [6.45, 7) is 5.59. The average Bonchev–Trinajstić information content (AvgIpc) is 2.43. The molecule has 0 aromatic rings. The van der Waals surface area contributed by atoms with Crippen LogP contribution in [-0.2, 0) is 0 Å². The first-order valence-electron chi connectivity index (χ1n) is 8.89. The third-order valence-corrected chi connectivity index (χ3v) is 3.91. The van der Waals surface area contributed by atoms with Crippen LogP contribution in [0.1, 0.15) is 96.8 Å². The van der Waals surface area contributed by atoms with Gasteiger partial charge in [-0.1, -0.05) is 82.8 Å². The Hall–Kier alpha value is -0.300. The zero-order valence-electron chi connectivity index (χ0n) is 13.8. The Labute approximate surface area is 127 Å². The highest BCUT2D eigenvalue weighted by molar-refractivity contribution is 4.83. The van der Waals surface area contributed by atoms with E-state index in [9.17, 15) is 0 Å². The molecule has 0 saturated heterocycles. The van der Waals surface area contributed by atoms with E-state index in [1.807, 2.05) is 13.0 Å². The number of allylic oxidation sites excluding steroid dienone is 2. The van der Waals surface area contributed by atoms with E-state index < -0.39 is 0 Å². The van der Waals surface area contributed by atoms with E-state index in [0.29, 0.717) is 0 Å². The summed E-state index contributed by atoms with van der Waals surface area (Å²) in [5.74, 6) is 0. The van der Waals surface area contributed by atoms with Gasteiger partial charge in [0.15, 0.2) is 0 Å². The summed E-state index contributed by atoms with van der Waals surface area (Å²) in [5.41, 5.74) is 0.